The van der Waals surface area contributed by atoms with E-state index in [0.717, 1.165) is 43.4 Å². The van der Waals surface area contributed by atoms with E-state index in [2.05, 4.69) is 5.32 Å². The zero-order valence-electron chi connectivity index (χ0n) is 17.0. The van der Waals surface area contributed by atoms with Crippen LogP contribution in [0.1, 0.15) is 54.4 Å². The normalized spacial score (nSPS) is 31.4. The molecule has 156 valence electrons. The van der Waals surface area contributed by atoms with Crippen molar-refractivity contribution in [1.29, 1.82) is 0 Å². The molecule has 2 N–H and O–H groups in total. The van der Waals surface area contributed by atoms with Crippen LogP contribution in [0.4, 0.5) is 5.69 Å². The number of hydrogen-bond donors (Lipinski definition) is 2. The van der Waals surface area contributed by atoms with Gasteiger partial charge in [-0.25, -0.2) is 0 Å². The van der Waals surface area contributed by atoms with Gasteiger partial charge in [-0.2, -0.15) is 0 Å². The fraction of sp³-hybridized carbons (Fsp3) is 0.440. The maximum Gasteiger partial charge on any atom is 0.312 e. The van der Waals surface area contributed by atoms with Gasteiger partial charge in [-0.3, -0.25) is 9.59 Å². The first kappa shape index (κ1) is 19.3. The molecule has 0 radical (unpaired) electrons. The van der Waals surface area contributed by atoms with Crippen molar-refractivity contribution in [2.24, 2.45) is 17.3 Å². The van der Waals surface area contributed by atoms with Gasteiger partial charge >= 0.3 is 5.97 Å². The van der Waals surface area contributed by atoms with Crippen molar-refractivity contribution >= 4 is 17.6 Å². The van der Waals surface area contributed by atoms with E-state index in [9.17, 15) is 14.7 Å². The number of carbonyl (C=O) groups is 2. The summed E-state index contributed by atoms with van der Waals surface area (Å²) in [5.74, 6) is 0.560. The minimum atomic E-state index is -0.670. The molecule has 2 aromatic carbocycles. The predicted octanol–water partition coefficient (Wildman–Crippen LogP) is 4.31. The molecule has 1 amide bonds. The molecule has 4 aliphatic rings. The van der Waals surface area contributed by atoms with E-state index in [-0.39, 0.29) is 18.5 Å². The van der Waals surface area contributed by atoms with E-state index < -0.39 is 11.0 Å². The van der Waals surface area contributed by atoms with E-state index in [1.807, 2.05) is 42.5 Å². The van der Waals surface area contributed by atoms with Gasteiger partial charge in [0.15, 0.2) is 0 Å². The van der Waals surface area contributed by atoms with E-state index in [4.69, 9.17) is 4.74 Å². The van der Waals surface area contributed by atoms with Crippen LogP contribution in [0, 0.1) is 17.3 Å². The number of para-hydroxylation sites is 1. The van der Waals surface area contributed by atoms with Gasteiger partial charge in [0.1, 0.15) is 6.61 Å². The molecule has 4 saturated carbocycles. The standard InChI is InChI=1S/C25H27NO4/c27-22(26-21-4-2-1-3-5-21)20-8-6-17(7-9-20)15-30-23(28)24-11-18-10-19(12-24)14-25(29,13-18)16-24/h1-9,18-19,29H,10-16H2,(H,26,27)/t18-,19+,24?,25?. The van der Waals surface area contributed by atoms with Crippen LogP contribution in [0.5, 0.6) is 0 Å². The number of anilines is 1. The fourth-order valence-corrected chi connectivity index (χ4v) is 6.23. The van der Waals surface area contributed by atoms with Gasteiger partial charge in [0, 0.05) is 11.3 Å². The molecular weight excluding hydrogens is 378 g/mol. The average Bonchev–Trinajstić information content (AvgIpc) is 2.71. The Kier molecular flexibility index (Phi) is 4.66. The molecule has 0 aromatic heterocycles. The monoisotopic (exact) mass is 405 g/mol. The summed E-state index contributed by atoms with van der Waals surface area (Å²) in [6.07, 6.45) is 5.07. The van der Waals surface area contributed by atoms with Crippen LogP contribution in [0.25, 0.3) is 0 Å². The van der Waals surface area contributed by atoms with Crippen molar-refractivity contribution in [3.63, 3.8) is 0 Å². The second-order valence-electron chi connectivity index (χ2n) is 9.56. The number of rotatable bonds is 5. The van der Waals surface area contributed by atoms with Gasteiger partial charge in [-0.15, -0.1) is 0 Å². The van der Waals surface area contributed by atoms with Crippen molar-refractivity contribution < 1.29 is 19.4 Å². The summed E-state index contributed by atoms with van der Waals surface area (Å²) in [5, 5.41) is 13.7. The lowest BCUT2D eigenvalue weighted by atomic mass is 9.48. The van der Waals surface area contributed by atoms with Crippen molar-refractivity contribution in [3.05, 3.63) is 65.7 Å². The van der Waals surface area contributed by atoms with Crippen LogP contribution in [0.2, 0.25) is 0 Å². The maximum absolute atomic E-state index is 13.0. The molecule has 0 heterocycles. The fourth-order valence-electron chi connectivity index (χ4n) is 6.23. The largest absolute Gasteiger partial charge is 0.460 e. The number of nitrogens with one attached hydrogen (secondary N) is 1. The van der Waals surface area contributed by atoms with E-state index >= 15 is 0 Å². The number of aliphatic hydroxyl groups is 1. The highest BCUT2D eigenvalue weighted by Gasteiger charge is 2.60. The Labute approximate surface area is 176 Å². The zero-order valence-corrected chi connectivity index (χ0v) is 17.0. The van der Waals surface area contributed by atoms with Crippen molar-refractivity contribution in [3.8, 4) is 0 Å². The number of amides is 1. The molecule has 0 saturated heterocycles. The van der Waals surface area contributed by atoms with Crippen molar-refractivity contribution in [2.45, 2.75) is 50.7 Å². The molecule has 2 aromatic rings. The topological polar surface area (TPSA) is 75.6 Å². The molecule has 2 unspecified atom stereocenters. The smallest absolute Gasteiger partial charge is 0.312 e. The molecule has 4 fully saturated rings. The first-order chi connectivity index (χ1) is 14.4. The molecule has 5 heteroatoms. The number of hydrogen-bond acceptors (Lipinski definition) is 4. The number of ether oxygens (including phenoxy) is 1. The SMILES string of the molecule is O=C(Nc1ccccc1)c1ccc(COC(=O)C23C[C@@H]4C[C@@H](CC(O)(C4)C2)C3)cc1. The summed E-state index contributed by atoms with van der Waals surface area (Å²) >= 11 is 0. The number of carbonyl (C=O) groups excluding carboxylic acids is 2. The van der Waals surface area contributed by atoms with Gasteiger partial charge in [0.05, 0.1) is 11.0 Å². The average molecular weight is 405 g/mol. The van der Waals surface area contributed by atoms with Gasteiger partial charge in [0.25, 0.3) is 5.91 Å². The Morgan fingerprint density at radius 2 is 1.63 bits per heavy atom. The Hall–Kier alpha value is -2.66. The van der Waals surface area contributed by atoms with Crippen LogP contribution in [0.3, 0.4) is 0 Å². The van der Waals surface area contributed by atoms with Crippen molar-refractivity contribution in [1.82, 2.24) is 0 Å². The molecule has 0 aliphatic heterocycles. The molecule has 4 atom stereocenters. The van der Waals surface area contributed by atoms with Gasteiger partial charge in [-0.1, -0.05) is 30.3 Å². The summed E-state index contributed by atoms with van der Waals surface area (Å²) in [7, 11) is 0. The molecule has 6 rings (SSSR count). The molecule has 4 aliphatic carbocycles. The van der Waals surface area contributed by atoms with E-state index in [0.29, 0.717) is 23.8 Å². The van der Waals surface area contributed by atoms with Crippen LogP contribution in [-0.4, -0.2) is 22.6 Å². The summed E-state index contributed by atoms with van der Waals surface area (Å²) in [4.78, 5) is 25.4. The van der Waals surface area contributed by atoms with Gasteiger partial charge in [0.2, 0.25) is 0 Å². The summed E-state index contributed by atoms with van der Waals surface area (Å²) in [6.45, 7) is 0.189. The third-order valence-electron chi connectivity index (χ3n) is 7.08. The number of benzene rings is 2. The first-order valence-corrected chi connectivity index (χ1v) is 10.8. The van der Waals surface area contributed by atoms with Crippen LogP contribution < -0.4 is 5.32 Å². The summed E-state index contributed by atoms with van der Waals surface area (Å²) < 4.78 is 5.70. The predicted molar refractivity (Wildman–Crippen MR) is 113 cm³/mol. The quantitative estimate of drug-likeness (QED) is 0.727. The Morgan fingerprint density at radius 3 is 2.27 bits per heavy atom. The third kappa shape index (κ3) is 3.63. The highest BCUT2D eigenvalue weighted by Crippen LogP contribution is 2.62. The first-order valence-electron chi connectivity index (χ1n) is 10.8. The highest BCUT2D eigenvalue weighted by molar-refractivity contribution is 6.04. The van der Waals surface area contributed by atoms with E-state index in [1.165, 1.54) is 0 Å². The molecule has 4 bridgehead atoms. The van der Waals surface area contributed by atoms with Crippen LogP contribution >= 0.6 is 0 Å². The Bertz CT molecular complexity index is 939. The third-order valence-corrected chi connectivity index (χ3v) is 7.08. The van der Waals surface area contributed by atoms with Gasteiger partial charge in [-0.05, 0) is 80.2 Å². The minimum absolute atomic E-state index is 0.166. The van der Waals surface area contributed by atoms with E-state index in [1.54, 1.807) is 12.1 Å². The lowest BCUT2D eigenvalue weighted by Crippen LogP contribution is -2.58. The van der Waals surface area contributed by atoms with Gasteiger partial charge < -0.3 is 15.2 Å². The zero-order chi connectivity index (χ0) is 20.8. The van der Waals surface area contributed by atoms with Crippen molar-refractivity contribution in [2.75, 3.05) is 5.32 Å². The Morgan fingerprint density at radius 1 is 0.967 bits per heavy atom. The van der Waals surface area contributed by atoms with Crippen LogP contribution in [0.15, 0.2) is 54.6 Å². The molecule has 0 spiro atoms. The highest BCUT2D eigenvalue weighted by atomic mass is 16.5. The summed E-state index contributed by atoms with van der Waals surface area (Å²) in [6, 6.07) is 16.4. The van der Waals surface area contributed by atoms with Crippen LogP contribution in [-0.2, 0) is 16.1 Å². The summed E-state index contributed by atoms with van der Waals surface area (Å²) in [5.41, 5.74) is 0.976. The lowest BCUT2D eigenvalue weighted by Gasteiger charge is -2.58. The minimum Gasteiger partial charge on any atom is -0.460 e. The maximum atomic E-state index is 13.0. The lowest BCUT2D eigenvalue weighted by molar-refractivity contribution is -0.197. The second-order valence-corrected chi connectivity index (χ2v) is 9.56. The Balaban J connectivity index is 1.20. The molecule has 5 nitrogen and oxygen atoms in total. The second kappa shape index (κ2) is 7.24. The number of esters is 1. The molecule has 30 heavy (non-hydrogen) atoms. The molecular formula is C25H27NO4.